The molecule has 0 saturated heterocycles. The predicted octanol–water partition coefficient (Wildman–Crippen LogP) is 0.976. The van der Waals surface area contributed by atoms with Crippen molar-refractivity contribution in [1.29, 1.82) is 0 Å². The molecule has 3 rings (SSSR count). The summed E-state index contributed by atoms with van der Waals surface area (Å²) >= 11 is 6.06. The second-order valence-electron chi connectivity index (χ2n) is 4.31. The van der Waals surface area contributed by atoms with Crippen LogP contribution in [0.2, 0.25) is 5.02 Å². The molecule has 19 heavy (non-hydrogen) atoms. The maximum Gasteiger partial charge on any atom is 0.273 e. The molecule has 2 N–H and O–H groups in total. The molecule has 0 bridgehead atoms. The number of pyridine rings is 1. The van der Waals surface area contributed by atoms with Crippen molar-refractivity contribution in [2.45, 2.75) is 24.0 Å². The number of rotatable bonds is 3. The molecule has 0 aliphatic heterocycles. The second-order valence-corrected chi connectivity index (χ2v) is 6.17. The standard InChI is InChI=1S/C10H10ClN5O2S/c11-8-5-13-4-3-7(8)9-14-15-10(19(12,17)18)16(9)6-1-2-6/h3-6H,1-2H2,(H2,12,17,18). The number of hydrogen-bond acceptors (Lipinski definition) is 5. The van der Waals surface area contributed by atoms with E-state index in [4.69, 9.17) is 16.7 Å². The number of nitrogens with zero attached hydrogens (tertiary/aromatic N) is 4. The van der Waals surface area contributed by atoms with Crippen LogP contribution in [0.5, 0.6) is 0 Å². The smallest absolute Gasteiger partial charge is 0.273 e. The van der Waals surface area contributed by atoms with E-state index in [1.807, 2.05) is 0 Å². The molecular weight excluding hydrogens is 290 g/mol. The SMILES string of the molecule is NS(=O)(=O)c1nnc(-c2ccncc2Cl)n1C1CC1. The van der Waals surface area contributed by atoms with Crippen LogP contribution in [0.25, 0.3) is 11.4 Å². The van der Waals surface area contributed by atoms with Gasteiger partial charge in [-0.15, -0.1) is 10.2 Å². The molecule has 1 aliphatic carbocycles. The summed E-state index contributed by atoms with van der Waals surface area (Å²) < 4.78 is 24.6. The van der Waals surface area contributed by atoms with E-state index in [-0.39, 0.29) is 11.2 Å². The molecule has 7 nitrogen and oxygen atoms in total. The molecule has 0 aromatic carbocycles. The molecule has 2 heterocycles. The lowest BCUT2D eigenvalue weighted by Crippen LogP contribution is -2.18. The van der Waals surface area contributed by atoms with Crippen LogP contribution in [0, 0.1) is 0 Å². The Hall–Kier alpha value is -1.51. The van der Waals surface area contributed by atoms with Crippen LogP contribution in [0.1, 0.15) is 18.9 Å². The van der Waals surface area contributed by atoms with Gasteiger partial charge in [0.05, 0.1) is 5.02 Å². The lowest BCUT2D eigenvalue weighted by atomic mass is 10.2. The van der Waals surface area contributed by atoms with E-state index in [1.54, 1.807) is 12.3 Å². The van der Waals surface area contributed by atoms with Gasteiger partial charge >= 0.3 is 0 Å². The van der Waals surface area contributed by atoms with Crippen molar-refractivity contribution in [3.05, 3.63) is 23.5 Å². The van der Waals surface area contributed by atoms with Crippen LogP contribution in [-0.4, -0.2) is 28.2 Å². The van der Waals surface area contributed by atoms with Crippen molar-refractivity contribution in [2.24, 2.45) is 5.14 Å². The Morgan fingerprint density at radius 1 is 1.37 bits per heavy atom. The molecule has 1 saturated carbocycles. The highest BCUT2D eigenvalue weighted by atomic mass is 35.5. The number of sulfonamides is 1. The van der Waals surface area contributed by atoms with E-state index >= 15 is 0 Å². The Morgan fingerprint density at radius 3 is 2.68 bits per heavy atom. The highest BCUT2D eigenvalue weighted by Gasteiger charge is 2.33. The second kappa shape index (κ2) is 4.26. The predicted molar refractivity (Wildman–Crippen MR) is 67.9 cm³/mol. The fourth-order valence-corrected chi connectivity index (χ4v) is 2.74. The Kier molecular flexibility index (Phi) is 2.80. The fourth-order valence-electron chi connectivity index (χ4n) is 1.87. The van der Waals surface area contributed by atoms with E-state index < -0.39 is 10.0 Å². The van der Waals surface area contributed by atoms with Crippen LogP contribution in [0.3, 0.4) is 0 Å². The van der Waals surface area contributed by atoms with E-state index in [9.17, 15) is 8.42 Å². The van der Waals surface area contributed by atoms with Gasteiger partial charge in [0.1, 0.15) is 0 Å². The monoisotopic (exact) mass is 299 g/mol. The zero-order valence-electron chi connectivity index (χ0n) is 9.69. The topological polar surface area (TPSA) is 104 Å². The first-order valence-corrected chi connectivity index (χ1v) is 7.48. The third kappa shape index (κ3) is 2.22. The fraction of sp³-hybridized carbons (Fsp3) is 0.300. The van der Waals surface area contributed by atoms with Crippen LogP contribution in [0.4, 0.5) is 0 Å². The first-order valence-electron chi connectivity index (χ1n) is 5.56. The first kappa shape index (κ1) is 12.5. The van der Waals surface area contributed by atoms with Crippen LogP contribution in [0.15, 0.2) is 23.6 Å². The van der Waals surface area contributed by atoms with Gasteiger partial charge in [0.2, 0.25) is 0 Å². The van der Waals surface area contributed by atoms with Gasteiger partial charge in [0.25, 0.3) is 15.2 Å². The van der Waals surface area contributed by atoms with Crippen molar-refractivity contribution in [1.82, 2.24) is 19.7 Å². The van der Waals surface area contributed by atoms with Gasteiger partial charge in [0.15, 0.2) is 5.82 Å². The van der Waals surface area contributed by atoms with Crippen LogP contribution < -0.4 is 5.14 Å². The van der Waals surface area contributed by atoms with E-state index in [1.165, 1.54) is 10.8 Å². The number of nitrogens with two attached hydrogens (primary N) is 1. The molecule has 0 unspecified atom stereocenters. The van der Waals surface area contributed by atoms with Gasteiger partial charge in [0, 0.05) is 24.0 Å². The molecule has 0 amide bonds. The molecule has 1 fully saturated rings. The molecule has 0 atom stereocenters. The molecule has 0 radical (unpaired) electrons. The number of primary sulfonamides is 1. The minimum atomic E-state index is -3.91. The molecule has 9 heteroatoms. The number of halogens is 1. The third-order valence-electron chi connectivity index (χ3n) is 2.84. The van der Waals surface area contributed by atoms with E-state index in [0.717, 1.165) is 12.8 Å². The van der Waals surface area contributed by atoms with Gasteiger partial charge in [-0.2, -0.15) is 0 Å². The van der Waals surface area contributed by atoms with Gasteiger partial charge in [-0.25, -0.2) is 13.6 Å². The molecule has 1 aliphatic rings. The summed E-state index contributed by atoms with van der Waals surface area (Å²) in [4.78, 5) is 3.88. The molecule has 2 aromatic rings. The highest BCUT2D eigenvalue weighted by Crippen LogP contribution is 2.40. The Bertz CT molecular complexity index is 738. The van der Waals surface area contributed by atoms with Gasteiger partial charge in [-0.1, -0.05) is 11.6 Å². The average Bonchev–Trinajstić information content (AvgIpc) is 3.07. The zero-order chi connectivity index (χ0) is 13.6. The maximum absolute atomic E-state index is 11.5. The summed E-state index contributed by atoms with van der Waals surface area (Å²) in [7, 11) is -3.91. The quantitative estimate of drug-likeness (QED) is 0.909. The Balaban J connectivity index is 2.24. The maximum atomic E-state index is 11.5. The first-order chi connectivity index (χ1) is 8.98. The summed E-state index contributed by atoms with van der Waals surface area (Å²) in [6, 6.07) is 1.72. The normalized spacial score (nSPS) is 15.7. The van der Waals surface area contributed by atoms with Crippen LogP contribution >= 0.6 is 11.6 Å². The summed E-state index contributed by atoms with van der Waals surface area (Å²) in [6.07, 6.45) is 4.77. The van der Waals surface area contributed by atoms with Gasteiger partial charge in [-0.3, -0.25) is 9.55 Å². The lowest BCUT2D eigenvalue weighted by molar-refractivity contribution is 0.567. The Labute approximate surface area is 114 Å². The number of hydrogen-bond donors (Lipinski definition) is 1. The summed E-state index contributed by atoms with van der Waals surface area (Å²) in [6.45, 7) is 0. The Morgan fingerprint density at radius 2 is 2.11 bits per heavy atom. The average molecular weight is 300 g/mol. The molecule has 2 aromatic heterocycles. The van der Waals surface area contributed by atoms with Crippen molar-refractivity contribution in [3.8, 4) is 11.4 Å². The van der Waals surface area contributed by atoms with E-state index in [0.29, 0.717) is 16.4 Å². The third-order valence-corrected chi connectivity index (χ3v) is 3.93. The highest BCUT2D eigenvalue weighted by molar-refractivity contribution is 7.89. The molecule has 100 valence electrons. The molecular formula is C10H10ClN5O2S. The number of aromatic nitrogens is 4. The summed E-state index contributed by atoms with van der Waals surface area (Å²) in [5, 5.41) is 12.9. The van der Waals surface area contributed by atoms with Gasteiger partial charge in [-0.05, 0) is 18.9 Å². The zero-order valence-corrected chi connectivity index (χ0v) is 11.3. The van der Waals surface area contributed by atoms with Crippen molar-refractivity contribution in [2.75, 3.05) is 0 Å². The van der Waals surface area contributed by atoms with Crippen molar-refractivity contribution < 1.29 is 8.42 Å². The minimum absolute atomic E-state index is 0.0579. The summed E-state index contributed by atoms with van der Waals surface area (Å²) in [5.41, 5.74) is 0.589. The summed E-state index contributed by atoms with van der Waals surface area (Å²) in [5.74, 6) is 0.402. The lowest BCUT2D eigenvalue weighted by Gasteiger charge is -2.08. The van der Waals surface area contributed by atoms with Crippen LogP contribution in [-0.2, 0) is 10.0 Å². The van der Waals surface area contributed by atoms with Crippen molar-refractivity contribution >= 4 is 21.6 Å². The van der Waals surface area contributed by atoms with Gasteiger partial charge < -0.3 is 0 Å². The molecule has 0 spiro atoms. The minimum Gasteiger partial charge on any atom is -0.294 e. The van der Waals surface area contributed by atoms with Crippen molar-refractivity contribution in [3.63, 3.8) is 0 Å². The largest absolute Gasteiger partial charge is 0.294 e. The van der Waals surface area contributed by atoms with E-state index in [2.05, 4.69) is 15.2 Å².